The standard InChI is InChI=1S/C12H20N2O/c1-9-3-4-10(2)12(7-9)13-8-11-5-6-15-14-11/h5-6,9-10,12-13H,3-4,7-8H2,1-2H3. The minimum atomic E-state index is 0.644. The lowest BCUT2D eigenvalue weighted by molar-refractivity contribution is 0.226. The van der Waals surface area contributed by atoms with Crippen LogP contribution in [-0.4, -0.2) is 11.2 Å². The number of hydrogen-bond donors (Lipinski definition) is 1. The zero-order chi connectivity index (χ0) is 10.7. The third kappa shape index (κ3) is 2.81. The zero-order valence-corrected chi connectivity index (χ0v) is 9.57. The molecular formula is C12H20N2O. The van der Waals surface area contributed by atoms with Crippen LogP contribution in [0.1, 0.15) is 38.8 Å². The van der Waals surface area contributed by atoms with Crippen molar-refractivity contribution < 1.29 is 4.52 Å². The highest BCUT2D eigenvalue weighted by molar-refractivity contribution is 4.95. The van der Waals surface area contributed by atoms with Crippen LogP contribution in [0.2, 0.25) is 0 Å². The molecule has 0 bridgehead atoms. The van der Waals surface area contributed by atoms with Crippen molar-refractivity contribution in [3.63, 3.8) is 0 Å². The predicted molar refractivity (Wildman–Crippen MR) is 59.3 cm³/mol. The monoisotopic (exact) mass is 208 g/mol. The Morgan fingerprint density at radius 3 is 3.07 bits per heavy atom. The van der Waals surface area contributed by atoms with Gasteiger partial charge in [0.05, 0.1) is 5.69 Å². The maximum Gasteiger partial charge on any atom is 0.124 e. The summed E-state index contributed by atoms with van der Waals surface area (Å²) in [6.07, 6.45) is 5.64. The first-order valence-corrected chi connectivity index (χ1v) is 5.88. The third-order valence-corrected chi connectivity index (χ3v) is 3.49. The molecule has 1 aliphatic carbocycles. The summed E-state index contributed by atoms with van der Waals surface area (Å²) < 4.78 is 4.81. The molecule has 84 valence electrons. The number of hydrogen-bond acceptors (Lipinski definition) is 3. The summed E-state index contributed by atoms with van der Waals surface area (Å²) in [5.74, 6) is 1.64. The van der Waals surface area contributed by atoms with E-state index in [9.17, 15) is 0 Å². The Hall–Kier alpha value is -0.830. The highest BCUT2D eigenvalue weighted by Crippen LogP contribution is 2.28. The smallest absolute Gasteiger partial charge is 0.124 e. The van der Waals surface area contributed by atoms with Crippen molar-refractivity contribution in [2.24, 2.45) is 11.8 Å². The molecule has 0 saturated heterocycles. The van der Waals surface area contributed by atoms with Crippen LogP contribution in [0.5, 0.6) is 0 Å². The minimum Gasteiger partial charge on any atom is -0.364 e. The minimum absolute atomic E-state index is 0.644. The topological polar surface area (TPSA) is 38.1 Å². The molecule has 1 aliphatic rings. The molecule has 0 amide bonds. The molecule has 1 N–H and O–H groups in total. The van der Waals surface area contributed by atoms with Gasteiger partial charge < -0.3 is 9.84 Å². The maximum atomic E-state index is 4.81. The Bertz CT molecular complexity index is 284. The molecule has 0 aromatic carbocycles. The fraction of sp³-hybridized carbons (Fsp3) is 0.750. The maximum absolute atomic E-state index is 4.81. The van der Waals surface area contributed by atoms with E-state index in [-0.39, 0.29) is 0 Å². The van der Waals surface area contributed by atoms with Gasteiger partial charge in [-0.3, -0.25) is 0 Å². The summed E-state index contributed by atoms with van der Waals surface area (Å²) in [5.41, 5.74) is 1.00. The van der Waals surface area contributed by atoms with E-state index in [1.807, 2.05) is 6.07 Å². The summed E-state index contributed by atoms with van der Waals surface area (Å²) in [6.45, 7) is 5.52. The molecule has 1 fully saturated rings. The molecule has 2 rings (SSSR count). The average molecular weight is 208 g/mol. The van der Waals surface area contributed by atoms with Crippen LogP contribution in [0, 0.1) is 11.8 Å². The number of aromatic nitrogens is 1. The fourth-order valence-electron chi connectivity index (χ4n) is 2.38. The van der Waals surface area contributed by atoms with Crippen LogP contribution >= 0.6 is 0 Å². The van der Waals surface area contributed by atoms with E-state index in [0.717, 1.165) is 24.1 Å². The van der Waals surface area contributed by atoms with E-state index >= 15 is 0 Å². The molecule has 3 atom stereocenters. The molecule has 0 spiro atoms. The second-order valence-corrected chi connectivity index (χ2v) is 4.87. The van der Waals surface area contributed by atoms with E-state index in [4.69, 9.17) is 4.52 Å². The van der Waals surface area contributed by atoms with Gasteiger partial charge in [0.15, 0.2) is 0 Å². The van der Waals surface area contributed by atoms with E-state index < -0.39 is 0 Å². The number of nitrogens with zero attached hydrogens (tertiary/aromatic N) is 1. The molecule has 15 heavy (non-hydrogen) atoms. The zero-order valence-electron chi connectivity index (χ0n) is 9.57. The highest BCUT2D eigenvalue weighted by atomic mass is 16.5. The van der Waals surface area contributed by atoms with Gasteiger partial charge in [0.2, 0.25) is 0 Å². The van der Waals surface area contributed by atoms with Gasteiger partial charge in [0.1, 0.15) is 6.26 Å². The van der Waals surface area contributed by atoms with Crippen molar-refractivity contribution in [3.8, 4) is 0 Å². The first kappa shape index (κ1) is 10.7. The Kier molecular flexibility index (Phi) is 3.41. The second kappa shape index (κ2) is 4.79. The highest BCUT2D eigenvalue weighted by Gasteiger charge is 2.24. The van der Waals surface area contributed by atoms with Crippen LogP contribution in [0.15, 0.2) is 16.9 Å². The molecule has 1 aromatic rings. The molecule has 0 aliphatic heterocycles. The van der Waals surface area contributed by atoms with Crippen molar-refractivity contribution in [1.29, 1.82) is 0 Å². The van der Waals surface area contributed by atoms with Crippen LogP contribution in [0.3, 0.4) is 0 Å². The molecule has 1 aromatic heterocycles. The lowest BCUT2D eigenvalue weighted by Crippen LogP contribution is -2.39. The molecule has 3 nitrogen and oxygen atoms in total. The largest absolute Gasteiger partial charge is 0.364 e. The molecule has 1 heterocycles. The lowest BCUT2D eigenvalue weighted by atomic mass is 9.80. The first-order chi connectivity index (χ1) is 7.25. The van der Waals surface area contributed by atoms with Crippen LogP contribution < -0.4 is 5.32 Å². The predicted octanol–water partition coefficient (Wildman–Crippen LogP) is 2.59. The van der Waals surface area contributed by atoms with Gasteiger partial charge in [-0.05, 0) is 24.7 Å². The molecular weight excluding hydrogens is 188 g/mol. The third-order valence-electron chi connectivity index (χ3n) is 3.49. The molecule has 3 heteroatoms. The van der Waals surface area contributed by atoms with E-state index in [1.165, 1.54) is 19.3 Å². The van der Waals surface area contributed by atoms with E-state index in [0.29, 0.717) is 6.04 Å². The van der Waals surface area contributed by atoms with Gasteiger partial charge in [-0.2, -0.15) is 0 Å². The summed E-state index contributed by atoms with van der Waals surface area (Å²) in [5, 5.41) is 7.49. The van der Waals surface area contributed by atoms with Crippen molar-refractivity contribution in [2.75, 3.05) is 0 Å². The average Bonchev–Trinajstić information content (AvgIpc) is 2.72. The number of rotatable bonds is 3. The Labute approximate surface area is 91.2 Å². The summed E-state index contributed by atoms with van der Waals surface area (Å²) in [4.78, 5) is 0. The van der Waals surface area contributed by atoms with Crippen molar-refractivity contribution >= 4 is 0 Å². The summed E-state index contributed by atoms with van der Waals surface area (Å²) >= 11 is 0. The SMILES string of the molecule is CC1CCC(C)C(NCc2ccon2)C1. The van der Waals surface area contributed by atoms with Crippen LogP contribution in [0.25, 0.3) is 0 Å². The Morgan fingerprint density at radius 1 is 1.47 bits per heavy atom. The molecule has 0 radical (unpaired) electrons. The van der Waals surface area contributed by atoms with Gasteiger partial charge in [-0.1, -0.05) is 25.4 Å². The summed E-state index contributed by atoms with van der Waals surface area (Å²) in [6, 6.07) is 2.56. The normalized spacial score (nSPS) is 31.7. The van der Waals surface area contributed by atoms with Crippen molar-refractivity contribution in [1.82, 2.24) is 10.5 Å². The van der Waals surface area contributed by atoms with Crippen LogP contribution in [0.4, 0.5) is 0 Å². The quantitative estimate of drug-likeness (QED) is 0.829. The Balaban J connectivity index is 1.82. The second-order valence-electron chi connectivity index (χ2n) is 4.87. The number of nitrogens with one attached hydrogen (secondary N) is 1. The van der Waals surface area contributed by atoms with Crippen molar-refractivity contribution in [3.05, 3.63) is 18.0 Å². The van der Waals surface area contributed by atoms with Gasteiger partial charge in [0.25, 0.3) is 0 Å². The van der Waals surface area contributed by atoms with Crippen molar-refractivity contribution in [2.45, 2.75) is 45.7 Å². The van der Waals surface area contributed by atoms with E-state index in [1.54, 1.807) is 6.26 Å². The van der Waals surface area contributed by atoms with Gasteiger partial charge in [-0.15, -0.1) is 0 Å². The molecule has 3 unspecified atom stereocenters. The van der Waals surface area contributed by atoms with Gasteiger partial charge in [-0.25, -0.2) is 0 Å². The fourth-order valence-corrected chi connectivity index (χ4v) is 2.38. The summed E-state index contributed by atoms with van der Waals surface area (Å²) in [7, 11) is 0. The van der Waals surface area contributed by atoms with Gasteiger partial charge >= 0.3 is 0 Å². The van der Waals surface area contributed by atoms with Gasteiger partial charge in [0, 0.05) is 18.7 Å². The Morgan fingerprint density at radius 2 is 2.33 bits per heavy atom. The first-order valence-electron chi connectivity index (χ1n) is 5.88. The van der Waals surface area contributed by atoms with Crippen LogP contribution in [-0.2, 0) is 6.54 Å². The van der Waals surface area contributed by atoms with E-state index in [2.05, 4.69) is 24.3 Å². The molecule has 1 saturated carbocycles. The lowest BCUT2D eigenvalue weighted by Gasteiger charge is -2.33.